The van der Waals surface area contributed by atoms with Crippen LogP contribution in [0, 0.1) is 5.92 Å². The maximum absolute atomic E-state index is 13.4. The predicted molar refractivity (Wildman–Crippen MR) is 118 cm³/mol. The molecule has 0 aromatic rings. The number of hydrogen-bond acceptors (Lipinski definition) is 7. The monoisotopic (exact) mass is 506 g/mol. The summed E-state index contributed by atoms with van der Waals surface area (Å²) < 4.78 is 37.0. The maximum Gasteiger partial charge on any atom is 0.490 e. The molecule has 0 bridgehead atoms. The molecule has 3 aliphatic rings. The Morgan fingerprint density at radius 3 is 2.26 bits per heavy atom. The van der Waals surface area contributed by atoms with Gasteiger partial charge < -0.3 is 20.1 Å². The summed E-state index contributed by atoms with van der Waals surface area (Å²) in [6, 6.07) is -0.315. The molecule has 35 heavy (non-hydrogen) atoms. The first-order valence-electron chi connectivity index (χ1n) is 11.8. The van der Waals surface area contributed by atoms with Crippen molar-refractivity contribution in [3.05, 3.63) is 5.70 Å². The number of carboxylic acids is 1. The highest BCUT2D eigenvalue weighted by Gasteiger charge is 2.59. The SMILES string of the molecule is CCOC(=O)C1(C)C(=C=O)N(N2CCCCC2)C(=O)N1CCC1CCNCC1.O=C(O)C(F)(F)F. The van der Waals surface area contributed by atoms with E-state index in [1.807, 2.05) is 11.0 Å². The molecule has 3 saturated heterocycles. The van der Waals surface area contributed by atoms with Gasteiger partial charge in [0.2, 0.25) is 0 Å². The fourth-order valence-corrected chi connectivity index (χ4v) is 4.50. The molecule has 1 unspecified atom stereocenters. The quantitative estimate of drug-likeness (QED) is 0.416. The van der Waals surface area contributed by atoms with Gasteiger partial charge in [-0.1, -0.05) is 6.42 Å². The number of ether oxygens (including phenoxy) is 1. The van der Waals surface area contributed by atoms with Crippen molar-refractivity contribution in [3.8, 4) is 0 Å². The number of aliphatic carboxylic acids is 1. The molecular weight excluding hydrogens is 473 g/mol. The van der Waals surface area contributed by atoms with Crippen LogP contribution < -0.4 is 5.32 Å². The third-order valence-electron chi connectivity index (χ3n) is 6.47. The van der Waals surface area contributed by atoms with Crippen molar-refractivity contribution in [2.45, 2.75) is 64.1 Å². The second-order valence-electron chi connectivity index (χ2n) is 8.79. The van der Waals surface area contributed by atoms with Crippen LogP contribution in [-0.2, 0) is 19.1 Å². The van der Waals surface area contributed by atoms with E-state index in [1.54, 1.807) is 13.8 Å². The van der Waals surface area contributed by atoms with Crippen LogP contribution in [-0.4, -0.2) is 95.0 Å². The predicted octanol–water partition coefficient (Wildman–Crippen LogP) is 2.19. The molecule has 3 rings (SSSR count). The number of amides is 2. The molecule has 0 aromatic carbocycles. The van der Waals surface area contributed by atoms with Crippen molar-refractivity contribution in [2.75, 3.05) is 39.3 Å². The minimum absolute atomic E-state index is 0.0585. The Morgan fingerprint density at radius 2 is 1.77 bits per heavy atom. The normalized spacial score (nSPS) is 24.0. The van der Waals surface area contributed by atoms with E-state index in [2.05, 4.69) is 5.32 Å². The fraction of sp³-hybridized carbons (Fsp3) is 0.773. The lowest BCUT2D eigenvalue weighted by atomic mass is 9.92. The van der Waals surface area contributed by atoms with Gasteiger partial charge >= 0.3 is 24.1 Å². The number of carboxylic acid groups (broad SMARTS) is 1. The van der Waals surface area contributed by atoms with E-state index in [1.165, 1.54) is 9.91 Å². The van der Waals surface area contributed by atoms with Crippen molar-refractivity contribution in [1.82, 2.24) is 20.2 Å². The average molecular weight is 507 g/mol. The van der Waals surface area contributed by atoms with Crippen LogP contribution in [0.5, 0.6) is 0 Å². The third-order valence-corrected chi connectivity index (χ3v) is 6.47. The molecule has 10 nitrogen and oxygen atoms in total. The van der Waals surface area contributed by atoms with Gasteiger partial charge in [0.1, 0.15) is 0 Å². The van der Waals surface area contributed by atoms with Gasteiger partial charge in [-0.05, 0) is 65.0 Å². The third kappa shape index (κ3) is 6.74. The van der Waals surface area contributed by atoms with Gasteiger partial charge in [-0.25, -0.2) is 29.2 Å². The molecule has 2 amide bonds. The van der Waals surface area contributed by atoms with Crippen molar-refractivity contribution in [2.24, 2.45) is 5.92 Å². The van der Waals surface area contributed by atoms with Gasteiger partial charge in [0.05, 0.1) is 6.61 Å². The Morgan fingerprint density at radius 1 is 1.20 bits per heavy atom. The zero-order valence-corrected chi connectivity index (χ0v) is 20.0. The Kier molecular flexibility index (Phi) is 10.1. The van der Waals surface area contributed by atoms with E-state index in [4.69, 9.17) is 14.6 Å². The first kappa shape index (κ1) is 28.6. The van der Waals surface area contributed by atoms with Gasteiger partial charge in [0.25, 0.3) is 0 Å². The molecule has 0 saturated carbocycles. The lowest BCUT2D eigenvalue weighted by molar-refractivity contribution is -0.192. The summed E-state index contributed by atoms with van der Waals surface area (Å²) in [5, 5.41) is 13.7. The van der Waals surface area contributed by atoms with Crippen LogP contribution in [0.3, 0.4) is 0 Å². The summed E-state index contributed by atoms with van der Waals surface area (Å²) >= 11 is 0. The zero-order chi connectivity index (χ0) is 26.2. The minimum atomic E-state index is -5.08. The van der Waals surface area contributed by atoms with Crippen LogP contribution >= 0.6 is 0 Å². The largest absolute Gasteiger partial charge is 0.490 e. The van der Waals surface area contributed by atoms with Gasteiger partial charge in [0, 0.05) is 19.6 Å². The van der Waals surface area contributed by atoms with Gasteiger partial charge in [-0.15, -0.1) is 0 Å². The summed E-state index contributed by atoms with van der Waals surface area (Å²) in [7, 11) is 0. The molecule has 0 radical (unpaired) electrons. The van der Waals surface area contributed by atoms with E-state index < -0.39 is 23.7 Å². The molecular formula is C22H33F3N4O6. The Bertz CT molecular complexity index is 820. The number of carbonyl (C=O) groups excluding carboxylic acids is 3. The average Bonchev–Trinajstić information content (AvgIpc) is 3.05. The Balaban J connectivity index is 0.000000540. The lowest BCUT2D eigenvalue weighted by Gasteiger charge is -2.34. The van der Waals surface area contributed by atoms with Crippen LogP contribution in [0.15, 0.2) is 5.70 Å². The van der Waals surface area contributed by atoms with E-state index in [-0.39, 0.29) is 18.3 Å². The van der Waals surface area contributed by atoms with Crippen molar-refractivity contribution in [3.63, 3.8) is 0 Å². The van der Waals surface area contributed by atoms with Crippen molar-refractivity contribution in [1.29, 1.82) is 0 Å². The van der Waals surface area contributed by atoms with Crippen LogP contribution in [0.25, 0.3) is 0 Å². The highest BCUT2D eigenvalue weighted by molar-refractivity contribution is 5.98. The molecule has 0 aromatic heterocycles. The smallest absolute Gasteiger partial charge is 0.475 e. The Hall–Kier alpha value is -2.63. The number of hydrazine groups is 1. The minimum Gasteiger partial charge on any atom is -0.475 e. The molecule has 0 aliphatic carbocycles. The molecule has 0 spiro atoms. The number of rotatable bonds is 6. The number of nitrogens with one attached hydrogen (secondary N) is 1. The van der Waals surface area contributed by atoms with Crippen molar-refractivity contribution >= 4 is 23.9 Å². The van der Waals surface area contributed by atoms with E-state index >= 15 is 0 Å². The first-order chi connectivity index (χ1) is 16.5. The molecule has 13 heteroatoms. The maximum atomic E-state index is 13.4. The van der Waals surface area contributed by atoms with Crippen LogP contribution in [0.1, 0.15) is 52.4 Å². The highest BCUT2D eigenvalue weighted by Crippen LogP contribution is 2.38. The summed E-state index contributed by atoms with van der Waals surface area (Å²) in [6.07, 6.45) is 0.868. The highest BCUT2D eigenvalue weighted by atomic mass is 19.4. The molecule has 3 heterocycles. The van der Waals surface area contributed by atoms with E-state index in [9.17, 15) is 27.6 Å². The van der Waals surface area contributed by atoms with Crippen LogP contribution in [0.2, 0.25) is 0 Å². The number of urea groups is 1. The molecule has 1 atom stereocenters. The van der Waals surface area contributed by atoms with Gasteiger partial charge in [0.15, 0.2) is 17.2 Å². The van der Waals surface area contributed by atoms with Gasteiger partial charge in [-0.2, -0.15) is 13.2 Å². The molecule has 3 fully saturated rings. The molecule has 2 N–H and O–H groups in total. The standard InChI is InChI=1S/C20H32N4O4.C2HF3O2/c1-3-28-18(26)20(2)17(15-25)24(22-12-5-4-6-13-22)19(27)23(20)14-9-16-7-10-21-11-8-16;3-2(4,5)1(6)7/h16,21H,3-14H2,1-2H3;(H,6,7). The summed E-state index contributed by atoms with van der Waals surface area (Å²) in [5.74, 6) is -0.896. The number of piperidine rings is 2. The number of alkyl halides is 3. The van der Waals surface area contributed by atoms with E-state index in [0.717, 1.165) is 51.6 Å². The second-order valence-corrected chi connectivity index (χ2v) is 8.79. The molecule has 198 valence electrons. The zero-order valence-electron chi connectivity index (χ0n) is 20.0. The number of nitrogens with zero attached hydrogens (tertiary/aromatic N) is 3. The summed E-state index contributed by atoms with van der Waals surface area (Å²) in [6.45, 7) is 7.31. The first-order valence-corrected chi connectivity index (χ1v) is 11.8. The molecule has 3 aliphatic heterocycles. The number of carbonyl (C=O) groups is 3. The number of halogens is 3. The Labute approximate surface area is 202 Å². The van der Waals surface area contributed by atoms with Crippen molar-refractivity contribution < 1.29 is 42.2 Å². The van der Waals surface area contributed by atoms with Gasteiger partial charge in [-0.3, -0.25) is 0 Å². The fourth-order valence-electron chi connectivity index (χ4n) is 4.50. The summed E-state index contributed by atoms with van der Waals surface area (Å²) in [4.78, 5) is 48.6. The number of hydrogen-bond donors (Lipinski definition) is 2. The van der Waals surface area contributed by atoms with E-state index in [0.29, 0.717) is 25.6 Å². The lowest BCUT2D eigenvalue weighted by Crippen LogP contribution is -2.52. The van der Waals surface area contributed by atoms with Crippen LogP contribution in [0.4, 0.5) is 18.0 Å². The number of esters is 1. The summed E-state index contributed by atoms with van der Waals surface area (Å²) in [5.41, 5.74) is -1.37. The topological polar surface area (TPSA) is 119 Å². The second kappa shape index (κ2) is 12.4.